The summed E-state index contributed by atoms with van der Waals surface area (Å²) in [7, 11) is 0. The largest absolute Gasteiger partial charge is 0.394 e. The second-order valence-corrected chi connectivity index (χ2v) is 17.5. The lowest BCUT2D eigenvalue weighted by molar-refractivity contribution is -0.400. The van der Waals surface area contributed by atoms with Gasteiger partial charge in [-0.15, -0.1) is 0 Å². The average molecular weight is 1000 g/mol. The van der Waals surface area contributed by atoms with Gasteiger partial charge in [-0.25, -0.2) is 0 Å². The van der Waals surface area contributed by atoms with E-state index in [1.54, 1.807) is 0 Å². The molecule has 0 unspecified atom stereocenters. The van der Waals surface area contributed by atoms with Crippen LogP contribution in [0.4, 0.5) is 0 Å². The summed E-state index contributed by atoms with van der Waals surface area (Å²) in [6.07, 6.45) is -54.0. The molecule has 0 aromatic heterocycles. The van der Waals surface area contributed by atoms with Crippen LogP contribution in [-0.4, -0.2) is 303 Å². The van der Waals surface area contributed by atoms with E-state index >= 15 is 0 Å². The van der Waals surface area contributed by atoms with Gasteiger partial charge in [0.05, 0.1) is 38.6 Å². The normalized spacial score (nSPS) is 52.6. The van der Waals surface area contributed by atoms with Crippen molar-refractivity contribution in [1.82, 2.24) is 5.32 Å². The van der Waals surface area contributed by atoms with Crippen molar-refractivity contribution in [2.75, 3.05) is 26.4 Å². The summed E-state index contributed by atoms with van der Waals surface area (Å²) >= 11 is 0. The van der Waals surface area contributed by atoms with Crippen molar-refractivity contribution in [3.05, 3.63) is 0 Å². The Morgan fingerprint density at radius 2 is 0.794 bits per heavy atom. The first kappa shape index (κ1) is 55.7. The molecule has 1 amide bonds. The first-order chi connectivity index (χ1) is 32.1. The second-order valence-electron chi connectivity index (χ2n) is 17.5. The number of aliphatic hydroxyl groups is 17. The van der Waals surface area contributed by atoms with Crippen LogP contribution in [0.25, 0.3) is 0 Å². The minimum Gasteiger partial charge on any atom is -0.394 e. The van der Waals surface area contributed by atoms with Crippen LogP contribution in [0.3, 0.4) is 0 Å². The van der Waals surface area contributed by atoms with E-state index in [9.17, 15) is 91.6 Å². The first-order valence-electron chi connectivity index (χ1n) is 21.8. The van der Waals surface area contributed by atoms with Crippen molar-refractivity contribution in [2.24, 2.45) is 0 Å². The third kappa shape index (κ3) is 11.4. The molecule has 30 heteroatoms. The molecular formula is C38H65NO29. The highest BCUT2D eigenvalue weighted by Crippen LogP contribution is 2.38. The number of amides is 1. The van der Waals surface area contributed by atoms with Crippen LogP contribution in [0.5, 0.6) is 0 Å². The minimum absolute atomic E-state index is 0.894. The van der Waals surface area contributed by atoms with Gasteiger partial charge in [0.25, 0.3) is 0 Å². The Hall–Kier alpha value is -1.65. The van der Waals surface area contributed by atoms with Gasteiger partial charge in [-0.2, -0.15) is 0 Å². The molecule has 68 heavy (non-hydrogen) atoms. The number of carbonyl (C=O) groups is 1. The molecule has 0 aromatic carbocycles. The molecule has 30 atom stereocenters. The SMILES string of the molecule is CC(=O)N[C@H]1[C@H](O[C@@H]2[C@H](O)[C@H](O[C@H]3[C@@H](O)[C@@H](O)[C@@H](O)O[C@@H]3CO)O[C@H](CO)[C@@H]2O)O[C@H](CO)[C@@H](O[C@@H]2O[C@@H](C)[C@@H](O)[C@@H](O)[C@@H]2O)[C@@H]1O[C@@H]1O[C@H](CO)[C@H](O)[C@H](O)[C@H]1O[C@@H]1O[C@@H](C)[C@@H](O)[C@@H](O)[C@@H]1O. The molecule has 0 saturated carbocycles. The fourth-order valence-electron chi connectivity index (χ4n) is 8.78. The zero-order chi connectivity index (χ0) is 50.2. The summed E-state index contributed by atoms with van der Waals surface area (Å²) < 4.78 is 63.9. The maximum Gasteiger partial charge on any atom is 0.217 e. The molecule has 6 aliphatic heterocycles. The third-order valence-electron chi connectivity index (χ3n) is 12.8. The number of carbonyl (C=O) groups excluding carboxylic acids is 1. The van der Waals surface area contributed by atoms with E-state index < -0.39 is 217 Å². The Kier molecular flexibility index (Phi) is 19.2. The molecule has 396 valence electrons. The van der Waals surface area contributed by atoms with Crippen molar-refractivity contribution in [1.29, 1.82) is 0 Å². The van der Waals surface area contributed by atoms with Gasteiger partial charge in [-0.1, -0.05) is 0 Å². The molecule has 6 fully saturated rings. The molecule has 0 spiro atoms. The number of aliphatic hydroxyl groups excluding tert-OH is 17. The number of hydrogen-bond acceptors (Lipinski definition) is 29. The average Bonchev–Trinajstić information content (AvgIpc) is 3.31. The van der Waals surface area contributed by atoms with Crippen LogP contribution < -0.4 is 5.32 Å². The highest BCUT2D eigenvalue weighted by Gasteiger charge is 2.59. The third-order valence-corrected chi connectivity index (χ3v) is 12.8. The van der Waals surface area contributed by atoms with Gasteiger partial charge >= 0.3 is 0 Å². The van der Waals surface area contributed by atoms with Crippen LogP contribution in [0.15, 0.2) is 0 Å². The van der Waals surface area contributed by atoms with E-state index in [1.807, 2.05) is 0 Å². The van der Waals surface area contributed by atoms with E-state index in [2.05, 4.69) is 5.32 Å². The summed E-state index contributed by atoms with van der Waals surface area (Å²) in [6.45, 7) is -0.357. The molecule has 0 bridgehead atoms. The smallest absolute Gasteiger partial charge is 0.217 e. The molecular weight excluding hydrogens is 934 g/mol. The van der Waals surface area contributed by atoms with E-state index in [1.165, 1.54) is 13.8 Å². The molecule has 18 N–H and O–H groups in total. The zero-order valence-corrected chi connectivity index (χ0v) is 36.7. The maximum absolute atomic E-state index is 13.1. The highest BCUT2D eigenvalue weighted by molar-refractivity contribution is 5.73. The van der Waals surface area contributed by atoms with Crippen molar-refractivity contribution in [3.8, 4) is 0 Å². The van der Waals surface area contributed by atoms with Gasteiger partial charge < -0.3 is 144 Å². The fraction of sp³-hybridized carbons (Fsp3) is 0.974. The predicted molar refractivity (Wildman–Crippen MR) is 208 cm³/mol. The van der Waals surface area contributed by atoms with Crippen LogP contribution in [-0.2, 0) is 56.9 Å². The number of rotatable bonds is 15. The first-order valence-corrected chi connectivity index (χ1v) is 21.8. The molecule has 0 radical (unpaired) electrons. The zero-order valence-electron chi connectivity index (χ0n) is 36.7. The van der Waals surface area contributed by atoms with Crippen molar-refractivity contribution in [2.45, 2.75) is 205 Å². The number of ether oxygens (including phenoxy) is 11. The lowest BCUT2D eigenvalue weighted by atomic mass is 9.93. The summed E-state index contributed by atoms with van der Waals surface area (Å²) in [5.74, 6) is -0.894. The summed E-state index contributed by atoms with van der Waals surface area (Å²) in [5, 5.41) is 184. The van der Waals surface area contributed by atoms with Gasteiger partial charge in [0.15, 0.2) is 37.7 Å². The Morgan fingerprint density at radius 3 is 1.32 bits per heavy atom. The number of hydrogen-bond donors (Lipinski definition) is 18. The van der Waals surface area contributed by atoms with E-state index in [0.29, 0.717) is 0 Å². The molecule has 6 heterocycles. The van der Waals surface area contributed by atoms with Gasteiger partial charge in [0.1, 0.15) is 134 Å². The van der Waals surface area contributed by atoms with E-state index in [4.69, 9.17) is 52.1 Å². The standard InChI is InChI=1S/C38H65NO29/c1-8-16(45)20(49)25(54)35(58-8)65-29-14(7-43)63-34(67-31-19(48)12(5-41)61-37(27(31)56)64-28-13(6-42)60-33(57)24(53)23(28)52)15(39-10(3)44)30(29)66-38-32(22(51)18(47)11(4-40)62-38)68-36-26(55)21(50)17(46)9(2)59-36/h8-9,11-38,40-43,45-57H,4-7H2,1-3H3,(H,39,44)/t8-,9-,11+,12+,13+,14+,15+,16+,17+,18-,19-,20+,21+,22-,23-,24+,25-,26-,27-,28+,29+,30+,31-,32+,33-,34-,35-,36-,37-,38-/m0/s1. The Bertz CT molecular complexity index is 1590. The Balaban J connectivity index is 1.39. The van der Waals surface area contributed by atoms with Crippen molar-refractivity contribution >= 4 is 5.91 Å². The van der Waals surface area contributed by atoms with Gasteiger partial charge in [-0.3, -0.25) is 4.79 Å². The second kappa shape index (κ2) is 23.5. The van der Waals surface area contributed by atoms with Gasteiger partial charge in [-0.05, 0) is 13.8 Å². The lowest BCUT2D eigenvalue weighted by Crippen LogP contribution is -2.71. The van der Waals surface area contributed by atoms with Crippen LogP contribution in [0.1, 0.15) is 20.8 Å². The summed E-state index contributed by atoms with van der Waals surface area (Å²) in [5.41, 5.74) is 0. The molecule has 6 aliphatic rings. The van der Waals surface area contributed by atoms with Crippen LogP contribution in [0, 0.1) is 0 Å². The quantitative estimate of drug-likeness (QED) is 0.0724. The summed E-state index contributed by atoms with van der Waals surface area (Å²) in [4.78, 5) is 13.1. The summed E-state index contributed by atoms with van der Waals surface area (Å²) in [6, 6.07) is -1.86. The lowest BCUT2D eigenvalue weighted by Gasteiger charge is -2.52. The molecule has 0 aliphatic carbocycles. The van der Waals surface area contributed by atoms with E-state index in [-0.39, 0.29) is 0 Å². The van der Waals surface area contributed by atoms with Gasteiger partial charge in [0, 0.05) is 6.92 Å². The molecule has 6 rings (SSSR count). The predicted octanol–water partition coefficient (Wildman–Crippen LogP) is -11.9. The van der Waals surface area contributed by atoms with Crippen LogP contribution >= 0.6 is 0 Å². The fourth-order valence-corrected chi connectivity index (χ4v) is 8.78. The Morgan fingerprint density at radius 1 is 0.382 bits per heavy atom. The molecule has 30 nitrogen and oxygen atoms in total. The minimum atomic E-state index is -2.19. The Labute approximate surface area is 386 Å². The van der Waals surface area contributed by atoms with Gasteiger partial charge in [0.2, 0.25) is 5.91 Å². The van der Waals surface area contributed by atoms with Crippen molar-refractivity contribution < 1.29 is 144 Å². The number of nitrogens with one attached hydrogen (secondary N) is 1. The molecule has 6 saturated heterocycles. The van der Waals surface area contributed by atoms with Crippen molar-refractivity contribution in [3.63, 3.8) is 0 Å². The van der Waals surface area contributed by atoms with E-state index in [0.717, 1.165) is 6.92 Å². The topological polar surface area (TPSA) is 475 Å². The van der Waals surface area contributed by atoms with Crippen LogP contribution in [0.2, 0.25) is 0 Å². The maximum atomic E-state index is 13.1. The monoisotopic (exact) mass is 999 g/mol. The highest BCUT2D eigenvalue weighted by atomic mass is 16.8. The molecule has 0 aromatic rings.